The summed E-state index contributed by atoms with van der Waals surface area (Å²) < 4.78 is 12.1. The van der Waals surface area contributed by atoms with Gasteiger partial charge < -0.3 is 9.47 Å². The average Bonchev–Trinajstić information content (AvgIpc) is 2.72. The summed E-state index contributed by atoms with van der Waals surface area (Å²) in [5.41, 5.74) is 0. The standard InChI is InChI=1S/C26H48O2/c1-27-25-21-13-7-3-5-9-15-23-19-12-20-24(26(23)28-2)16-10-6-4-8-14-22(25)18-11-17-21/h21-26H,3-20H2,1-2H3. The van der Waals surface area contributed by atoms with Crippen LogP contribution in [0.3, 0.4) is 0 Å². The topological polar surface area (TPSA) is 18.5 Å². The second kappa shape index (κ2) is 12.6. The van der Waals surface area contributed by atoms with Gasteiger partial charge in [-0.3, -0.25) is 0 Å². The van der Waals surface area contributed by atoms with E-state index >= 15 is 0 Å². The number of hydrogen-bond acceptors (Lipinski definition) is 2. The minimum Gasteiger partial charge on any atom is -0.381 e. The molecule has 0 spiro atoms. The second-order valence-corrected chi connectivity index (χ2v) is 10.3. The predicted molar refractivity (Wildman–Crippen MR) is 119 cm³/mol. The molecule has 3 fully saturated rings. The Morgan fingerprint density at radius 1 is 0.357 bits per heavy atom. The molecule has 4 unspecified atom stereocenters. The SMILES string of the molecule is COC1C2CCCCCCC3CCCC(CCCCCCC1CCC2)C3OC. The van der Waals surface area contributed by atoms with E-state index in [0.717, 1.165) is 23.7 Å². The van der Waals surface area contributed by atoms with Crippen molar-refractivity contribution in [3.63, 3.8) is 0 Å². The molecule has 0 heterocycles. The Kier molecular flexibility index (Phi) is 10.2. The van der Waals surface area contributed by atoms with Gasteiger partial charge in [0.25, 0.3) is 0 Å². The van der Waals surface area contributed by atoms with Crippen molar-refractivity contribution in [3.05, 3.63) is 0 Å². The van der Waals surface area contributed by atoms with E-state index in [1.807, 2.05) is 14.2 Å². The summed E-state index contributed by atoms with van der Waals surface area (Å²) in [7, 11) is 3.96. The number of ether oxygens (including phenoxy) is 2. The summed E-state index contributed by atoms with van der Waals surface area (Å²) in [4.78, 5) is 0. The Hall–Kier alpha value is -0.0800. The normalized spacial score (nSPS) is 39.6. The third-order valence-corrected chi connectivity index (χ3v) is 8.50. The lowest BCUT2D eigenvalue weighted by atomic mass is 9.73. The molecule has 4 bridgehead atoms. The Morgan fingerprint density at radius 3 is 0.857 bits per heavy atom. The molecule has 2 nitrogen and oxygen atoms in total. The summed E-state index contributed by atoms with van der Waals surface area (Å²) in [6.45, 7) is 0. The van der Waals surface area contributed by atoms with Gasteiger partial charge in [0, 0.05) is 14.2 Å². The van der Waals surface area contributed by atoms with Crippen molar-refractivity contribution >= 4 is 0 Å². The Bertz CT molecular complexity index is 339. The molecule has 3 aliphatic carbocycles. The van der Waals surface area contributed by atoms with Crippen LogP contribution >= 0.6 is 0 Å². The number of fused-ring (bicyclic) bond motifs is 4. The van der Waals surface area contributed by atoms with Crippen LogP contribution in [0.15, 0.2) is 0 Å². The predicted octanol–water partition coefficient (Wildman–Crippen LogP) is 7.54. The maximum absolute atomic E-state index is 6.06. The van der Waals surface area contributed by atoms with Gasteiger partial charge in [-0.1, -0.05) is 64.2 Å². The zero-order valence-corrected chi connectivity index (χ0v) is 19.0. The molecule has 0 aromatic rings. The van der Waals surface area contributed by atoms with Crippen molar-refractivity contribution in [1.29, 1.82) is 0 Å². The van der Waals surface area contributed by atoms with E-state index in [9.17, 15) is 0 Å². The van der Waals surface area contributed by atoms with Gasteiger partial charge in [0.15, 0.2) is 0 Å². The second-order valence-electron chi connectivity index (χ2n) is 10.3. The highest BCUT2D eigenvalue weighted by Crippen LogP contribution is 2.39. The van der Waals surface area contributed by atoms with Crippen molar-refractivity contribution in [1.82, 2.24) is 0 Å². The van der Waals surface area contributed by atoms with Gasteiger partial charge >= 0.3 is 0 Å². The van der Waals surface area contributed by atoms with Crippen LogP contribution in [0.25, 0.3) is 0 Å². The maximum atomic E-state index is 6.06. The van der Waals surface area contributed by atoms with Crippen molar-refractivity contribution in [2.24, 2.45) is 23.7 Å². The molecule has 3 saturated carbocycles. The summed E-state index contributed by atoms with van der Waals surface area (Å²) >= 11 is 0. The van der Waals surface area contributed by atoms with E-state index < -0.39 is 0 Å². The van der Waals surface area contributed by atoms with Crippen molar-refractivity contribution in [2.45, 2.75) is 128 Å². The lowest BCUT2D eigenvalue weighted by Gasteiger charge is -2.38. The molecule has 0 radical (unpaired) electrons. The van der Waals surface area contributed by atoms with E-state index in [4.69, 9.17) is 9.47 Å². The van der Waals surface area contributed by atoms with Crippen LogP contribution in [0.4, 0.5) is 0 Å². The van der Waals surface area contributed by atoms with Gasteiger partial charge in [-0.05, 0) is 75.0 Å². The Morgan fingerprint density at radius 2 is 0.607 bits per heavy atom. The highest BCUT2D eigenvalue weighted by molar-refractivity contribution is 4.85. The zero-order chi connectivity index (χ0) is 19.6. The summed E-state index contributed by atoms with van der Waals surface area (Å²) in [6.07, 6.45) is 26.6. The zero-order valence-electron chi connectivity index (χ0n) is 19.0. The van der Waals surface area contributed by atoms with Crippen molar-refractivity contribution in [2.75, 3.05) is 14.2 Å². The minimum atomic E-state index is 0.550. The third-order valence-electron chi connectivity index (χ3n) is 8.50. The molecule has 0 aromatic carbocycles. The molecular weight excluding hydrogens is 344 g/mol. The van der Waals surface area contributed by atoms with Crippen LogP contribution in [0.1, 0.15) is 116 Å². The summed E-state index contributed by atoms with van der Waals surface area (Å²) in [6, 6.07) is 0. The lowest BCUT2D eigenvalue weighted by Crippen LogP contribution is -2.35. The van der Waals surface area contributed by atoms with Crippen molar-refractivity contribution in [3.8, 4) is 0 Å². The first-order valence-electron chi connectivity index (χ1n) is 12.9. The van der Waals surface area contributed by atoms with E-state index in [0.29, 0.717) is 12.2 Å². The maximum Gasteiger partial charge on any atom is 0.0627 e. The Balaban J connectivity index is 1.55. The van der Waals surface area contributed by atoms with Gasteiger partial charge in [0.1, 0.15) is 0 Å². The van der Waals surface area contributed by atoms with E-state index in [-0.39, 0.29) is 0 Å². The average molecular weight is 393 g/mol. The van der Waals surface area contributed by atoms with Crippen molar-refractivity contribution < 1.29 is 9.47 Å². The summed E-state index contributed by atoms with van der Waals surface area (Å²) in [5, 5.41) is 0. The smallest absolute Gasteiger partial charge is 0.0627 e. The van der Waals surface area contributed by atoms with Crippen LogP contribution in [0.5, 0.6) is 0 Å². The summed E-state index contributed by atoms with van der Waals surface area (Å²) in [5.74, 6) is 3.33. The molecule has 0 amide bonds. The molecule has 2 heteroatoms. The molecule has 4 atom stereocenters. The molecule has 0 aromatic heterocycles. The molecule has 28 heavy (non-hydrogen) atoms. The van der Waals surface area contributed by atoms with E-state index in [1.54, 1.807) is 0 Å². The van der Waals surface area contributed by atoms with Crippen LogP contribution in [-0.4, -0.2) is 26.4 Å². The molecule has 3 rings (SSSR count). The van der Waals surface area contributed by atoms with Gasteiger partial charge in [0.2, 0.25) is 0 Å². The fourth-order valence-electron chi connectivity index (χ4n) is 7.05. The third kappa shape index (κ3) is 6.46. The van der Waals surface area contributed by atoms with E-state index in [1.165, 1.54) is 116 Å². The fraction of sp³-hybridized carbons (Fsp3) is 1.00. The van der Waals surface area contributed by atoms with Gasteiger partial charge in [-0.25, -0.2) is 0 Å². The van der Waals surface area contributed by atoms with Crippen LogP contribution in [0, 0.1) is 23.7 Å². The molecule has 3 aliphatic rings. The first-order chi connectivity index (χ1) is 13.8. The fourth-order valence-corrected chi connectivity index (χ4v) is 7.05. The van der Waals surface area contributed by atoms with Gasteiger partial charge in [-0.15, -0.1) is 0 Å². The monoisotopic (exact) mass is 392 g/mol. The quantitative estimate of drug-likeness (QED) is 0.483. The Labute approximate surface area is 175 Å². The molecule has 0 saturated heterocycles. The van der Waals surface area contributed by atoms with Gasteiger partial charge in [0.05, 0.1) is 12.2 Å². The number of rotatable bonds is 2. The lowest BCUT2D eigenvalue weighted by molar-refractivity contribution is -0.0292. The van der Waals surface area contributed by atoms with Crippen LogP contribution in [0.2, 0.25) is 0 Å². The van der Waals surface area contributed by atoms with E-state index in [2.05, 4.69) is 0 Å². The molecule has 0 N–H and O–H groups in total. The highest BCUT2D eigenvalue weighted by Gasteiger charge is 2.34. The highest BCUT2D eigenvalue weighted by atomic mass is 16.5. The van der Waals surface area contributed by atoms with Gasteiger partial charge in [-0.2, -0.15) is 0 Å². The first kappa shape index (κ1) is 22.6. The number of methoxy groups -OCH3 is 2. The molecule has 0 aliphatic heterocycles. The van der Waals surface area contributed by atoms with Crippen LogP contribution in [-0.2, 0) is 9.47 Å². The first-order valence-corrected chi connectivity index (χ1v) is 12.9. The molecule has 164 valence electrons. The minimum absolute atomic E-state index is 0.550. The number of hydrogen-bond donors (Lipinski definition) is 0. The molecular formula is C26H48O2. The van der Waals surface area contributed by atoms with Crippen LogP contribution < -0.4 is 0 Å². The largest absolute Gasteiger partial charge is 0.381 e.